The van der Waals surface area contributed by atoms with Crippen LogP contribution in [0.15, 0.2) is 24.3 Å². The fraction of sp³-hybridized carbons (Fsp3) is 0.375. The minimum atomic E-state index is 0.385. The van der Waals surface area contributed by atoms with E-state index in [2.05, 4.69) is 24.3 Å². The second-order valence-corrected chi connectivity index (χ2v) is 5.18. The highest BCUT2D eigenvalue weighted by atomic mass is 16.7. The van der Waals surface area contributed by atoms with E-state index in [4.69, 9.17) is 9.47 Å². The van der Waals surface area contributed by atoms with Crippen LogP contribution in [-0.4, -0.2) is 6.79 Å². The minimum absolute atomic E-state index is 0.385. The van der Waals surface area contributed by atoms with Crippen LogP contribution in [-0.2, 0) is 24.2 Å². The van der Waals surface area contributed by atoms with E-state index in [0.717, 1.165) is 12.2 Å². The van der Waals surface area contributed by atoms with Crippen molar-refractivity contribution in [3.63, 3.8) is 0 Å². The molecule has 4 bridgehead atoms. The normalized spacial score (nSPS) is 18.0. The number of ether oxygens (including phenoxy) is 2. The first-order valence-electron chi connectivity index (χ1n) is 6.70. The Morgan fingerprint density at radius 3 is 2.78 bits per heavy atom. The molecular formula is C16H16O2. The molecule has 1 heterocycles. The number of hydrogen-bond acceptors (Lipinski definition) is 2. The average Bonchev–Trinajstić information content (AvgIpc) is 2.43. The van der Waals surface area contributed by atoms with Gasteiger partial charge in [0.15, 0.2) is 6.79 Å². The van der Waals surface area contributed by atoms with Crippen molar-refractivity contribution in [2.24, 2.45) is 0 Å². The Morgan fingerprint density at radius 1 is 0.944 bits per heavy atom. The van der Waals surface area contributed by atoms with Gasteiger partial charge in [-0.15, -0.1) is 0 Å². The standard InChI is InChI=1S/C16H16O2/c1-2-5-12-8-13-9-17-10-18-16(13)15-11(4-1)6-3-7-14(12)15/h3,6-8H,1-2,4-5,9-10H2. The highest BCUT2D eigenvalue weighted by molar-refractivity contribution is 5.95. The van der Waals surface area contributed by atoms with Gasteiger partial charge in [0.05, 0.1) is 6.61 Å². The Kier molecular flexibility index (Phi) is 2.30. The molecule has 2 nitrogen and oxygen atoms in total. The Bertz CT molecular complexity index is 612. The molecule has 2 aliphatic rings. The Hall–Kier alpha value is -1.54. The van der Waals surface area contributed by atoms with E-state index in [1.54, 1.807) is 0 Å². The molecule has 1 aliphatic heterocycles. The van der Waals surface area contributed by atoms with Crippen LogP contribution in [0.1, 0.15) is 29.5 Å². The molecule has 0 spiro atoms. The monoisotopic (exact) mass is 240 g/mol. The van der Waals surface area contributed by atoms with Gasteiger partial charge in [0.2, 0.25) is 0 Å². The third-order valence-corrected chi connectivity index (χ3v) is 4.05. The molecule has 0 amide bonds. The van der Waals surface area contributed by atoms with Crippen LogP contribution in [0.4, 0.5) is 0 Å². The number of fused-ring (bicyclic) bond motifs is 1. The first-order valence-corrected chi connectivity index (χ1v) is 6.70. The summed E-state index contributed by atoms with van der Waals surface area (Å²) in [7, 11) is 0. The van der Waals surface area contributed by atoms with Gasteiger partial charge >= 0.3 is 0 Å². The SMILES string of the molecule is c1cc2c3c4c(cc(c3c1)CCCC2)COCO4. The van der Waals surface area contributed by atoms with Crippen molar-refractivity contribution >= 4 is 10.8 Å². The molecule has 1 aliphatic carbocycles. The van der Waals surface area contributed by atoms with E-state index >= 15 is 0 Å². The Labute approximate surface area is 107 Å². The van der Waals surface area contributed by atoms with Crippen molar-refractivity contribution in [3.05, 3.63) is 41.0 Å². The van der Waals surface area contributed by atoms with E-state index in [0.29, 0.717) is 13.4 Å². The first kappa shape index (κ1) is 10.4. The van der Waals surface area contributed by atoms with Crippen LogP contribution >= 0.6 is 0 Å². The quantitative estimate of drug-likeness (QED) is 0.700. The topological polar surface area (TPSA) is 18.5 Å². The Morgan fingerprint density at radius 2 is 1.83 bits per heavy atom. The van der Waals surface area contributed by atoms with Crippen molar-refractivity contribution < 1.29 is 9.47 Å². The number of aryl methyl sites for hydroxylation is 2. The molecule has 2 aromatic carbocycles. The second-order valence-electron chi connectivity index (χ2n) is 5.18. The molecule has 2 heteroatoms. The molecule has 2 aromatic rings. The number of rotatable bonds is 0. The van der Waals surface area contributed by atoms with Crippen LogP contribution in [0.5, 0.6) is 5.75 Å². The summed E-state index contributed by atoms with van der Waals surface area (Å²) in [6.07, 6.45) is 4.88. The van der Waals surface area contributed by atoms with Crippen molar-refractivity contribution in [2.45, 2.75) is 32.3 Å². The van der Waals surface area contributed by atoms with E-state index in [1.165, 1.54) is 46.7 Å². The Balaban J connectivity index is 2.13. The van der Waals surface area contributed by atoms with Crippen LogP contribution in [0.2, 0.25) is 0 Å². The largest absolute Gasteiger partial charge is 0.466 e. The van der Waals surface area contributed by atoms with Gasteiger partial charge in [-0.05, 0) is 48.3 Å². The van der Waals surface area contributed by atoms with Crippen molar-refractivity contribution in [2.75, 3.05) is 6.79 Å². The van der Waals surface area contributed by atoms with Gasteiger partial charge in [-0.2, -0.15) is 0 Å². The summed E-state index contributed by atoms with van der Waals surface area (Å²) in [5.74, 6) is 1.07. The third-order valence-electron chi connectivity index (χ3n) is 4.05. The smallest absolute Gasteiger partial charge is 0.189 e. The van der Waals surface area contributed by atoms with Gasteiger partial charge in [0.1, 0.15) is 5.75 Å². The van der Waals surface area contributed by atoms with E-state index < -0.39 is 0 Å². The summed E-state index contributed by atoms with van der Waals surface area (Å²) < 4.78 is 11.2. The minimum Gasteiger partial charge on any atom is -0.466 e. The molecule has 0 unspecified atom stereocenters. The van der Waals surface area contributed by atoms with Crippen LogP contribution in [0.25, 0.3) is 10.8 Å². The molecule has 18 heavy (non-hydrogen) atoms. The third kappa shape index (κ3) is 1.45. The van der Waals surface area contributed by atoms with Crippen LogP contribution in [0.3, 0.4) is 0 Å². The zero-order valence-corrected chi connectivity index (χ0v) is 10.4. The van der Waals surface area contributed by atoms with Crippen molar-refractivity contribution in [1.82, 2.24) is 0 Å². The van der Waals surface area contributed by atoms with Gasteiger partial charge < -0.3 is 9.47 Å². The molecule has 0 fully saturated rings. The summed E-state index contributed by atoms with van der Waals surface area (Å²) in [4.78, 5) is 0. The highest BCUT2D eigenvalue weighted by Crippen LogP contribution is 2.39. The molecule has 0 atom stereocenters. The lowest BCUT2D eigenvalue weighted by Crippen LogP contribution is -2.13. The van der Waals surface area contributed by atoms with E-state index in [9.17, 15) is 0 Å². The highest BCUT2D eigenvalue weighted by Gasteiger charge is 2.20. The summed E-state index contributed by atoms with van der Waals surface area (Å²) in [5, 5.41) is 2.72. The molecule has 0 radical (unpaired) electrons. The van der Waals surface area contributed by atoms with Gasteiger partial charge in [-0.3, -0.25) is 0 Å². The number of benzene rings is 2. The summed E-state index contributed by atoms with van der Waals surface area (Å²) in [6.45, 7) is 1.07. The molecule has 0 saturated carbocycles. The maximum Gasteiger partial charge on any atom is 0.189 e. The fourth-order valence-corrected chi connectivity index (χ4v) is 3.22. The predicted octanol–water partition coefficient (Wildman–Crippen LogP) is 3.59. The lowest BCUT2D eigenvalue weighted by Gasteiger charge is -2.24. The van der Waals surface area contributed by atoms with Crippen LogP contribution < -0.4 is 4.74 Å². The van der Waals surface area contributed by atoms with Gasteiger partial charge in [-0.25, -0.2) is 0 Å². The number of hydrogen-bond donors (Lipinski definition) is 0. The summed E-state index contributed by atoms with van der Waals surface area (Å²) in [5.41, 5.74) is 4.12. The second kappa shape index (κ2) is 3.99. The molecule has 0 aromatic heterocycles. The maximum atomic E-state index is 5.78. The molecule has 4 rings (SSSR count). The van der Waals surface area contributed by atoms with Gasteiger partial charge in [0, 0.05) is 10.9 Å². The van der Waals surface area contributed by atoms with Gasteiger partial charge in [-0.1, -0.05) is 18.2 Å². The van der Waals surface area contributed by atoms with Gasteiger partial charge in [0.25, 0.3) is 0 Å². The lowest BCUT2D eigenvalue weighted by atomic mass is 9.88. The fourth-order valence-electron chi connectivity index (χ4n) is 3.22. The zero-order valence-electron chi connectivity index (χ0n) is 10.4. The summed E-state index contributed by atoms with van der Waals surface area (Å²) in [6, 6.07) is 8.94. The lowest BCUT2D eigenvalue weighted by molar-refractivity contribution is -0.0152. The summed E-state index contributed by atoms with van der Waals surface area (Å²) >= 11 is 0. The predicted molar refractivity (Wildman–Crippen MR) is 70.9 cm³/mol. The van der Waals surface area contributed by atoms with E-state index in [-0.39, 0.29) is 0 Å². The van der Waals surface area contributed by atoms with Crippen molar-refractivity contribution in [1.29, 1.82) is 0 Å². The average molecular weight is 240 g/mol. The molecular weight excluding hydrogens is 224 g/mol. The van der Waals surface area contributed by atoms with Crippen molar-refractivity contribution in [3.8, 4) is 5.75 Å². The molecule has 92 valence electrons. The zero-order chi connectivity index (χ0) is 11.9. The molecule has 0 N–H and O–H groups in total. The van der Waals surface area contributed by atoms with Crippen LogP contribution in [0, 0.1) is 0 Å². The molecule has 0 saturated heterocycles. The van der Waals surface area contributed by atoms with E-state index in [1.807, 2.05) is 0 Å². The maximum absolute atomic E-state index is 5.78. The first-order chi connectivity index (χ1) is 8.93.